The van der Waals surface area contributed by atoms with Crippen LogP contribution in [0.5, 0.6) is 0 Å². The van der Waals surface area contributed by atoms with Gasteiger partial charge in [0.2, 0.25) is 11.8 Å². The van der Waals surface area contributed by atoms with Gasteiger partial charge in [0.25, 0.3) is 0 Å². The molecule has 9 atom stereocenters. The minimum atomic E-state index is -5.57. The fourth-order valence-corrected chi connectivity index (χ4v) is 14.6. The largest absolute Gasteiger partial charge is 0.480 e. The SMILES string of the molecule is CCCCCCCCCCC[C@H](CC(=O)N[C@H]1[C@H](OC[C@H](NC(=O)C[C@@H](CCCCCCCCCCC)OC(=O)CCCCCCCCCC)C(=O)O)O[C@H](CO)[C@@H](OP(=O)(O)O)[C@@H]1OC(=O)C[C@@H](CCCCCCCCCCC)OC(=O)CCCCCCCCCC)OC(=O)CCCCCCCCCC. The number of carboxylic acid groups (broad SMARTS) is 1. The van der Waals surface area contributed by atoms with Crippen LogP contribution in [0.1, 0.15) is 427 Å². The highest BCUT2D eigenvalue weighted by molar-refractivity contribution is 7.46. The molecule has 1 aliphatic heterocycles. The van der Waals surface area contributed by atoms with E-state index in [4.69, 9.17) is 32.9 Å². The first kappa shape index (κ1) is 100. The summed E-state index contributed by atoms with van der Waals surface area (Å²) in [4.78, 5) is 119. The first-order valence-corrected chi connectivity index (χ1v) is 45.1. The lowest BCUT2D eigenvalue weighted by molar-refractivity contribution is -0.272. The van der Waals surface area contributed by atoms with Gasteiger partial charge in [0.05, 0.1) is 32.5 Å². The van der Waals surface area contributed by atoms with Gasteiger partial charge in [-0.25, -0.2) is 9.36 Å². The predicted octanol–water partition coefficient (Wildman–Crippen LogP) is 20.4. The van der Waals surface area contributed by atoms with Crippen LogP contribution in [0.15, 0.2) is 0 Å². The Morgan fingerprint density at radius 3 is 0.981 bits per heavy atom. The summed E-state index contributed by atoms with van der Waals surface area (Å²) in [6, 6.07) is -3.60. The molecular formula is C84H157N2O19P. The lowest BCUT2D eigenvalue weighted by Gasteiger charge is -2.45. The molecule has 1 saturated heterocycles. The van der Waals surface area contributed by atoms with Crippen molar-refractivity contribution in [2.24, 2.45) is 0 Å². The molecular weight excluding hydrogens is 1370 g/mol. The number of carboxylic acids is 1. The Morgan fingerprint density at radius 2 is 0.679 bits per heavy atom. The topological polar surface area (TPSA) is 306 Å². The summed E-state index contributed by atoms with van der Waals surface area (Å²) in [6.45, 7) is 11.2. The van der Waals surface area contributed by atoms with E-state index in [0.29, 0.717) is 51.4 Å². The molecule has 0 unspecified atom stereocenters. The maximum Gasteiger partial charge on any atom is 0.470 e. The molecule has 0 aliphatic carbocycles. The molecule has 0 spiro atoms. The summed E-state index contributed by atoms with van der Waals surface area (Å²) in [7, 11) is -5.57. The number of phosphoric acid groups is 1. The Labute approximate surface area is 643 Å². The summed E-state index contributed by atoms with van der Waals surface area (Å²) >= 11 is 0. The van der Waals surface area contributed by atoms with E-state index in [-0.39, 0.29) is 32.1 Å². The van der Waals surface area contributed by atoms with Crippen LogP contribution in [0, 0.1) is 0 Å². The number of hydrogen-bond donors (Lipinski definition) is 6. The van der Waals surface area contributed by atoms with Crippen molar-refractivity contribution in [3.63, 3.8) is 0 Å². The van der Waals surface area contributed by atoms with Crippen molar-refractivity contribution in [3.05, 3.63) is 0 Å². The van der Waals surface area contributed by atoms with E-state index >= 15 is 0 Å². The summed E-state index contributed by atoms with van der Waals surface area (Å²) in [5.41, 5.74) is 0. The highest BCUT2D eigenvalue weighted by Gasteiger charge is 2.52. The number of amides is 2. The van der Waals surface area contributed by atoms with Crippen LogP contribution >= 0.6 is 7.82 Å². The number of unbranched alkanes of at least 4 members (excludes halogenated alkanes) is 45. The molecule has 6 N–H and O–H groups in total. The number of carbonyl (C=O) groups excluding carboxylic acids is 6. The minimum absolute atomic E-state index is 0.126. The monoisotopic (exact) mass is 1530 g/mol. The molecule has 1 heterocycles. The normalized spacial score (nSPS) is 17.1. The number of esters is 4. The molecule has 0 saturated carbocycles. The summed E-state index contributed by atoms with van der Waals surface area (Å²) < 4.78 is 55.0. The van der Waals surface area contributed by atoms with Gasteiger partial charge >= 0.3 is 37.7 Å². The van der Waals surface area contributed by atoms with E-state index in [2.05, 4.69) is 52.2 Å². The number of hydrogen-bond acceptors (Lipinski definition) is 16. The smallest absolute Gasteiger partial charge is 0.470 e. The number of phosphoric ester groups is 1. The van der Waals surface area contributed by atoms with Gasteiger partial charge in [-0.2, -0.15) is 0 Å². The fourth-order valence-electron chi connectivity index (χ4n) is 14.0. The Morgan fingerprint density at radius 1 is 0.387 bits per heavy atom. The van der Waals surface area contributed by atoms with E-state index in [1.54, 1.807) is 0 Å². The highest BCUT2D eigenvalue weighted by atomic mass is 31.2. The van der Waals surface area contributed by atoms with Crippen LogP contribution < -0.4 is 10.6 Å². The highest BCUT2D eigenvalue weighted by Crippen LogP contribution is 2.42. The van der Waals surface area contributed by atoms with Crippen LogP contribution in [0.25, 0.3) is 0 Å². The Balaban J connectivity index is 3.85. The zero-order valence-electron chi connectivity index (χ0n) is 67.9. The van der Waals surface area contributed by atoms with Crippen molar-refractivity contribution < 1.29 is 91.1 Å². The average Bonchev–Trinajstić information content (AvgIpc) is 0.780. The Hall–Kier alpha value is -3.72. The summed E-state index contributed by atoms with van der Waals surface area (Å²) in [5, 5.41) is 27.0. The molecule has 1 rings (SSSR count). The number of carbonyl (C=O) groups is 7. The standard InChI is InChI=1S/C84H157N2O19P/c1-7-13-19-25-31-37-40-46-52-58-69(100-76(90)61-55-49-43-34-28-22-16-10-4)64-74(88)85-72(83(94)95)68-99-84-80(86-75(89)65-70(59-53-47-41-38-32-26-20-14-8-2)101-77(91)62-56-50-44-35-29-23-17-11-5)82(81(73(67-87)103-84)105-106(96,97)98)104-79(93)66-71(60-54-48-42-39-33-27-21-15-9-3)102-78(92)63-57-51-45-36-30-24-18-12-6/h69-73,80-82,84,87H,7-68H2,1-6H3,(H,85,88)(H,86,89)(H,94,95)(H2,96,97,98)/t69-,70-,71-,72+,73-,80-,81-,82-,84-/m1/s1. The molecule has 0 aromatic rings. The fraction of sp³-hybridized carbons (Fsp3) is 0.917. The van der Waals surface area contributed by atoms with Gasteiger partial charge in [0.15, 0.2) is 18.4 Å². The van der Waals surface area contributed by atoms with Crippen molar-refractivity contribution in [2.75, 3.05) is 13.2 Å². The number of ether oxygens (including phenoxy) is 6. The van der Waals surface area contributed by atoms with Crippen LogP contribution in [-0.4, -0.2) is 130 Å². The van der Waals surface area contributed by atoms with E-state index in [0.717, 1.165) is 205 Å². The van der Waals surface area contributed by atoms with Gasteiger partial charge in [0.1, 0.15) is 36.6 Å². The van der Waals surface area contributed by atoms with E-state index in [1.807, 2.05) is 0 Å². The molecule has 0 aromatic carbocycles. The van der Waals surface area contributed by atoms with Gasteiger partial charge in [-0.1, -0.05) is 330 Å². The zero-order valence-corrected chi connectivity index (χ0v) is 68.8. The first-order chi connectivity index (χ1) is 51.3. The van der Waals surface area contributed by atoms with Crippen molar-refractivity contribution in [3.8, 4) is 0 Å². The van der Waals surface area contributed by atoms with Crippen LogP contribution in [0.2, 0.25) is 0 Å². The number of rotatable bonds is 76. The van der Waals surface area contributed by atoms with E-state index in [1.165, 1.54) is 83.5 Å². The third kappa shape index (κ3) is 57.4. The quantitative estimate of drug-likeness (QED) is 0.0143. The van der Waals surface area contributed by atoms with Crippen molar-refractivity contribution in [2.45, 2.75) is 482 Å². The average molecular weight is 1530 g/mol. The molecule has 22 heteroatoms. The second-order valence-electron chi connectivity index (χ2n) is 30.6. The zero-order chi connectivity index (χ0) is 77.9. The number of aliphatic carboxylic acids is 1. The minimum Gasteiger partial charge on any atom is -0.480 e. The Bertz CT molecular complexity index is 2220. The molecule has 0 radical (unpaired) electrons. The molecule has 1 fully saturated rings. The first-order valence-electron chi connectivity index (χ1n) is 43.6. The third-order valence-corrected chi connectivity index (χ3v) is 21.0. The lowest BCUT2D eigenvalue weighted by Crippen LogP contribution is -2.66. The number of aliphatic hydroxyl groups is 1. The van der Waals surface area contributed by atoms with Crippen molar-refractivity contribution in [1.29, 1.82) is 0 Å². The summed E-state index contributed by atoms with van der Waals surface area (Å²) in [5.74, 6) is -5.52. The van der Waals surface area contributed by atoms with E-state index < -0.39 is 131 Å². The second-order valence-corrected chi connectivity index (χ2v) is 31.8. The number of aliphatic hydroxyl groups excluding tert-OH is 1. The molecule has 106 heavy (non-hydrogen) atoms. The maximum absolute atomic E-state index is 14.9. The van der Waals surface area contributed by atoms with Gasteiger partial charge in [0, 0.05) is 19.3 Å². The van der Waals surface area contributed by atoms with Gasteiger partial charge in [-0.3, -0.25) is 33.3 Å². The van der Waals surface area contributed by atoms with Crippen molar-refractivity contribution in [1.82, 2.24) is 10.6 Å². The van der Waals surface area contributed by atoms with E-state index in [9.17, 15) is 58.1 Å². The van der Waals surface area contributed by atoms with Gasteiger partial charge < -0.3 is 59.1 Å². The molecule has 0 bridgehead atoms. The van der Waals surface area contributed by atoms with Gasteiger partial charge in [-0.05, 0) is 57.8 Å². The van der Waals surface area contributed by atoms with Crippen LogP contribution in [0.4, 0.5) is 0 Å². The van der Waals surface area contributed by atoms with Gasteiger partial charge in [-0.15, -0.1) is 0 Å². The molecule has 1 aliphatic rings. The second kappa shape index (κ2) is 69.2. The molecule has 622 valence electrons. The van der Waals surface area contributed by atoms with Crippen LogP contribution in [0.3, 0.4) is 0 Å². The maximum atomic E-state index is 14.9. The molecule has 2 amide bonds. The molecule has 21 nitrogen and oxygen atoms in total. The number of nitrogens with one attached hydrogen (secondary N) is 2. The molecule has 0 aromatic heterocycles. The predicted molar refractivity (Wildman–Crippen MR) is 421 cm³/mol. The Kier molecular flexibility index (Phi) is 65.5. The van der Waals surface area contributed by atoms with Crippen molar-refractivity contribution >= 4 is 49.5 Å². The third-order valence-electron chi connectivity index (χ3n) is 20.4. The summed E-state index contributed by atoms with van der Waals surface area (Å²) in [6.07, 6.45) is 41.9. The van der Waals surface area contributed by atoms with Crippen LogP contribution in [-0.2, 0) is 71.1 Å². The lowest BCUT2D eigenvalue weighted by atomic mass is 9.95.